The van der Waals surface area contributed by atoms with Crippen molar-refractivity contribution in [1.82, 2.24) is 5.32 Å². The standard InChI is InChI=1S/C15H29NO2/c1-11(2)13(5,6)16-14(7,8)12(3,4)15(11)17-9-10-18-15/h16H,9-10H2,1-8H3. The molecule has 2 rings (SSSR count). The minimum atomic E-state index is -0.530. The molecule has 106 valence electrons. The maximum Gasteiger partial charge on any atom is 0.182 e. The Labute approximate surface area is 112 Å². The molecule has 0 aromatic heterocycles. The molecule has 0 radical (unpaired) electrons. The summed E-state index contributed by atoms with van der Waals surface area (Å²) in [4.78, 5) is 0. The molecule has 18 heavy (non-hydrogen) atoms. The van der Waals surface area contributed by atoms with Gasteiger partial charge in [0, 0.05) is 21.9 Å². The third-order valence-corrected chi connectivity index (χ3v) is 6.09. The summed E-state index contributed by atoms with van der Waals surface area (Å²) in [6.45, 7) is 19.4. The Morgan fingerprint density at radius 1 is 0.667 bits per heavy atom. The summed E-state index contributed by atoms with van der Waals surface area (Å²) in [5.74, 6) is -0.530. The van der Waals surface area contributed by atoms with E-state index in [2.05, 4.69) is 60.7 Å². The molecule has 3 heteroatoms. The van der Waals surface area contributed by atoms with Gasteiger partial charge in [0.1, 0.15) is 0 Å². The Morgan fingerprint density at radius 3 is 1.33 bits per heavy atom. The van der Waals surface area contributed by atoms with Crippen LogP contribution in [0.5, 0.6) is 0 Å². The number of hydrogen-bond donors (Lipinski definition) is 1. The van der Waals surface area contributed by atoms with E-state index >= 15 is 0 Å². The van der Waals surface area contributed by atoms with Crippen LogP contribution in [-0.2, 0) is 9.47 Å². The van der Waals surface area contributed by atoms with Crippen LogP contribution < -0.4 is 5.32 Å². The maximum atomic E-state index is 6.22. The predicted octanol–water partition coefficient (Wildman–Crippen LogP) is 2.94. The van der Waals surface area contributed by atoms with Crippen LogP contribution in [-0.4, -0.2) is 30.1 Å². The van der Waals surface area contributed by atoms with E-state index in [0.717, 1.165) is 0 Å². The van der Waals surface area contributed by atoms with E-state index in [1.807, 2.05) is 0 Å². The fraction of sp³-hybridized carbons (Fsp3) is 1.00. The molecule has 3 nitrogen and oxygen atoms in total. The van der Waals surface area contributed by atoms with Crippen LogP contribution in [0.3, 0.4) is 0 Å². The number of ether oxygens (including phenoxy) is 2. The van der Waals surface area contributed by atoms with Gasteiger partial charge in [-0.3, -0.25) is 0 Å². The predicted molar refractivity (Wildman–Crippen MR) is 73.5 cm³/mol. The lowest BCUT2D eigenvalue weighted by atomic mass is 9.51. The van der Waals surface area contributed by atoms with Gasteiger partial charge in [0.25, 0.3) is 0 Å². The highest BCUT2D eigenvalue weighted by Crippen LogP contribution is 2.61. The van der Waals surface area contributed by atoms with Gasteiger partial charge in [0.15, 0.2) is 5.79 Å². The smallest absolute Gasteiger partial charge is 0.182 e. The largest absolute Gasteiger partial charge is 0.346 e. The highest BCUT2D eigenvalue weighted by molar-refractivity contribution is 5.20. The summed E-state index contributed by atoms with van der Waals surface area (Å²) in [7, 11) is 0. The van der Waals surface area contributed by atoms with Crippen LogP contribution in [0.4, 0.5) is 0 Å². The molecule has 0 aromatic carbocycles. The Kier molecular flexibility index (Phi) is 2.78. The second-order valence-corrected chi connectivity index (χ2v) is 7.94. The topological polar surface area (TPSA) is 30.5 Å². The molecule has 2 aliphatic heterocycles. The molecule has 0 aromatic rings. The van der Waals surface area contributed by atoms with Crippen LogP contribution in [0.2, 0.25) is 0 Å². The van der Waals surface area contributed by atoms with Crippen LogP contribution in [0.15, 0.2) is 0 Å². The van der Waals surface area contributed by atoms with E-state index in [1.54, 1.807) is 0 Å². The Hall–Kier alpha value is -0.120. The molecular weight excluding hydrogens is 226 g/mol. The van der Waals surface area contributed by atoms with Crippen LogP contribution in [0.1, 0.15) is 55.4 Å². The molecule has 2 saturated heterocycles. The van der Waals surface area contributed by atoms with Crippen molar-refractivity contribution in [2.45, 2.75) is 72.3 Å². The minimum absolute atomic E-state index is 0.0592. The number of rotatable bonds is 0. The number of hydrogen-bond acceptors (Lipinski definition) is 3. The third kappa shape index (κ3) is 1.36. The van der Waals surface area contributed by atoms with Gasteiger partial charge >= 0.3 is 0 Å². The first-order valence-electron chi connectivity index (χ1n) is 6.99. The fourth-order valence-corrected chi connectivity index (χ4v) is 3.83. The van der Waals surface area contributed by atoms with Crippen molar-refractivity contribution >= 4 is 0 Å². The normalized spacial score (nSPS) is 34.7. The Bertz CT molecular complexity index is 322. The summed E-state index contributed by atoms with van der Waals surface area (Å²) < 4.78 is 12.4. The summed E-state index contributed by atoms with van der Waals surface area (Å²) >= 11 is 0. The maximum absolute atomic E-state index is 6.22. The average molecular weight is 255 g/mol. The van der Waals surface area contributed by atoms with Crippen LogP contribution >= 0.6 is 0 Å². The first-order chi connectivity index (χ1) is 7.91. The molecular formula is C15H29NO2. The lowest BCUT2D eigenvalue weighted by molar-refractivity contribution is -0.343. The van der Waals surface area contributed by atoms with Crippen molar-refractivity contribution in [2.75, 3.05) is 13.2 Å². The lowest BCUT2D eigenvalue weighted by Crippen LogP contribution is -2.81. The molecule has 0 aliphatic carbocycles. The van der Waals surface area contributed by atoms with Crippen molar-refractivity contribution in [1.29, 1.82) is 0 Å². The van der Waals surface area contributed by atoms with Gasteiger partial charge in [0.2, 0.25) is 0 Å². The van der Waals surface area contributed by atoms with E-state index in [1.165, 1.54) is 0 Å². The zero-order valence-corrected chi connectivity index (χ0v) is 13.2. The molecule has 0 bridgehead atoms. The van der Waals surface area contributed by atoms with Crippen molar-refractivity contribution in [3.63, 3.8) is 0 Å². The lowest BCUT2D eigenvalue weighted by Gasteiger charge is -2.68. The number of piperidine rings is 1. The van der Waals surface area contributed by atoms with Gasteiger partial charge in [0.05, 0.1) is 13.2 Å². The molecule has 2 fully saturated rings. The molecule has 2 heterocycles. The van der Waals surface area contributed by atoms with Crippen molar-refractivity contribution in [3.8, 4) is 0 Å². The second kappa shape index (κ2) is 3.50. The Morgan fingerprint density at radius 2 is 1.00 bits per heavy atom. The quantitative estimate of drug-likeness (QED) is 0.722. The average Bonchev–Trinajstić information content (AvgIpc) is 2.63. The molecule has 0 amide bonds. The Balaban J connectivity index is 2.63. The van der Waals surface area contributed by atoms with Crippen LogP contribution in [0.25, 0.3) is 0 Å². The monoisotopic (exact) mass is 255 g/mol. The van der Waals surface area contributed by atoms with Crippen molar-refractivity contribution in [3.05, 3.63) is 0 Å². The zero-order valence-electron chi connectivity index (χ0n) is 13.2. The van der Waals surface area contributed by atoms with Crippen LogP contribution in [0, 0.1) is 10.8 Å². The van der Waals surface area contributed by atoms with E-state index in [4.69, 9.17) is 9.47 Å². The highest BCUT2D eigenvalue weighted by Gasteiger charge is 2.72. The van der Waals surface area contributed by atoms with Crippen molar-refractivity contribution in [2.24, 2.45) is 10.8 Å². The fourth-order valence-electron chi connectivity index (χ4n) is 3.83. The van der Waals surface area contributed by atoms with E-state index in [0.29, 0.717) is 13.2 Å². The molecule has 0 atom stereocenters. The SMILES string of the molecule is CC1(C)NC(C)(C)C(C)(C)C2(OCCO2)C1(C)C. The number of nitrogens with one attached hydrogen (secondary N) is 1. The minimum Gasteiger partial charge on any atom is -0.346 e. The molecule has 1 spiro atoms. The van der Waals surface area contributed by atoms with Gasteiger partial charge in [-0.25, -0.2) is 0 Å². The summed E-state index contributed by atoms with van der Waals surface area (Å²) in [6.07, 6.45) is 0. The summed E-state index contributed by atoms with van der Waals surface area (Å²) in [5.41, 5.74) is -0.349. The molecule has 1 N–H and O–H groups in total. The van der Waals surface area contributed by atoms with E-state index in [-0.39, 0.29) is 21.9 Å². The van der Waals surface area contributed by atoms with Crippen molar-refractivity contribution < 1.29 is 9.47 Å². The molecule has 0 unspecified atom stereocenters. The zero-order chi connectivity index (χ0) is 14.0. The van der Waals surface area contributed by atoms with E-state index < -0.39 is 5.79 Å². The summed E-state index contributed by atoms with van der Waals surface area (Å²) in [5, 5.41) is 3.80. The molecule has 0 saturated carbocycles. The first kappa shape index (κ1) is 14.3. The first-order valence-corrected chi connectivity index (χ1v) is 6.99. The van der Waals surface area contributed by atoms with Gasteiger partial charge in [-0.15, -0.1) is 0 Å². The highest BCUT2D eigenvalue weighted by atomic mass is 16.7. The van der Waals surface area contributed by atoms with Gasteiger partial charge in [-0.05, 0) is 27.7 Å². The van der Waals surface area contributed by atoms with Gasteiger partial charge in [-0.2, -0.15) is 0 Å². The van der Waals surface area contributed by atoms with Gasteiger partial charge < -0.3 is 14.8 Å². The van der Waals surface area contributed by atoms with E-state index in [9.17, 15) is 0 Å². The third-order valence-electron chi connectivity index (χ3n) is 6.09. The second-order valence-electron chi connectivity index (χ2n) is 7.94. The molecule has 2 aliphatic rings. The summed E-state index contributed by atoms with van der Waals surface area (Å²) in [6, 6.07) is 0. The van der Waals surface area contributed by atoms with Gasteiger partial charge in [-0.1, -0.05) is 27.7 Å².